The summed E-state index contributed by atoms with van der Waals surface area (Å²) in [6.45, 7) is 8.65. The Morgan fingerprint density at radius 1 is 1.40 bits per heavy atom. The van der Waals surface area contributed by atoms with Crippen LogP contribution >= 0.6 is 11.8 Å². The molecule has 8 heteroatoms. The summed E-state index contributed by atoms with van der Waals surface area (Å²) < 4.78 is 4.93. The van der Waals surface area contributed by atoms with E-state index >= 15 is 0 Å². The zero-order valence-electron chi connectivity index (χ0n) is 14.8. The number of nitrogens with one attached hydrogen (secondary N) is 1. The van der Waals surface area contributed by atoms with Crippen LogP contribution in [-0.2, 0) is 10.2 Å². The van der Waals surface area contributed by atoms with Crippen molar-refractivity contribution in [2.75, 3.05) is 11.1 Å². The molecule has 4 rings (SSSR count). The van der Waals surface area contributed by atoms with Crippen LogP contribution in [0.15, 0.2) is 15.7 Å². The molecule has 132 valence electrons. The number of carbonyl (C=O) groups excluding carboxylic acids is 1. The largest absolute Gasteiger partial charge is 0.360 e. The summed E-state index contributed by atoms with van der Waals surface area (Å²) in [4.78, 5) is 16.8. The van der Waals surface area contributed by atoms with Crippen molar-refractivity contribution in [3.8, 4) is 0 Å². The van der Waals surface area contributed by atoms with E-state index in [9.17, 15) is 4.79 Å². The standard InChI is InChI=1S/C17H21N5O2S/c1-9-7-11(22-24-9)18-12(23)8-25-15-19-14-13(20-21-15)10-5-6-17(14,4)16(10,2)3/h7,10H,5-6,8H2,1-4H3,(H,18,22,23)/t10-,17+/m1/s1. The predicted octanol–water partition coefficient (Wildman–Crippen LogP) is 3.07. The lowest BCUT2D eigenvalue weighted by molar-refractivity contribution is -0.113. The maximum Gasteiger partial charge on any atom is 0.236 e. The molecule has 0 unspecified atom stereocenters. The SMILES string of the molecule is Cc1cc(NC(=O)CSc2nnc3c(n2)[C@]2(C)CC[C@H]3C2(C)C)no1. The van der Waals surface area contributed by atoms with Gasteiger partial charge >= 0.3 is 0 Å². The first-order valence-electron chi connectivity index (χ1n) is 8.42. The minimum absolute atomic E-state index is 0.0404. The highest BCUT2D eigenvalue weighted by atomic mass is 32.2. The molecular formula is C17H21N5O2S. The molecule has 0 radical (unpaired) electrons. The Hall–Kier alpha value is -1.96. The summed E-state index contributed by atoms with van der Waals surface area (Å²) in [6.07, 6.45) is 2.28. The van der Waals surface area contributed by atoms with Gasteiger partial charge in [0.05, 0.1) is 17.1 Å². The van der Waals surface area contributed by atoms with Crippen molar-refractivity contribution in [3.05, 3.63) is 23.2 Å². The quantitative estimate of drug-likeness (QED) is 0.838. The van der Waals surface area contributed by atoms with Crippen molar-refractivity contribution >= 4 is 23.5 Å². The number of aryl methyl sites for hydroxylation is 1. The number of rotatable bonds is 4. The van der Waals surface area contributed by atoms with Gasteiger partial charge in [0.15, 0.2) is 5.82 Å². The zero-order valence-corrected chi connectivity index (χ0v) is 15.6. The number of nitrogens with zero attached hydrogens (tertiary/aromatic N) is 4. The van der Waals surface area contributed by atoms with Gasteiger partial charge in [-0.25, -0.2) is 4.98 Å². The highest BCUT2D eigenvalue weighted by molar-refractivity contribution is 7.99. The average Bonchev–Trinajstić information content (AvgIpc) is 3.12. The molecule has 25 heavy (non-hydrogen) atoms. The lowest BCUT2D eigenvalue weighted by Crippen LogP contribution is -2.32. The van der Waals surface area contributed by atoms with Gasteiger partial charge in [0.2, 0.25) is 11.1 Å². The highest BCUT2D eigenvalue weighted by Gasteiger charge is 2.61. The van der Waals surface area contributed by atoms with Crippen molar-refractivity contribution in [1.82, 2.24) is 20.3 Å². The summed E-state index contributed by atoms with van der Waals surface area (Å²) >= 11 is 1.29. The van der Waals surface area contributed by atoms with E-state index in [-0.39, 0.29) is 22.5 Å². The molecule has 2 aromatic heterocycles. The maximum absolute atomic E-state index is 12.0. The predicted molar refractivity (Wildman–Crippen MR) is 93.5 cm³/mol. The monoisotopic (exact) mass is 359 g/mol. The normalized spacial score (nSPS) is 25.8. The van der Waals surface area contributed by atoms with E-state index in [0.717, 1.165) is 24.2 Å². The average molecular weight is 359 g/mol. The Bertz CT molecular complexity index is 849. The molecule has 2 atom stereocenters. The number of thioether (sulfide) groups is 1. The number of anilines is 1. The van der Waals surface area contributed by atoms with Gasteiger partial charge in [0.1, 0.15) is 5.76 Å². The first-order valence-corrected chi connectivity index (χ1v) is 9.41. The Labute approximate surface area is 150 Å². The van der Waals surface area contributed by atoms with Crippen molar-refractivity contribution in [2.24, 2.45) is 5.41 Å². The third kappa shape index (κ3) is 2.46. The summed E-state index contributed by atoms with van der Waals surface area (Å²) in [5.74, 6) is 1.54. The van der Waals surface area contributed by atoms with Crippen LogP contribution < -0.4 is 5.32 Å². The lowest BCUT2D eigenvalue weighted by Gasteiger charge is -2.33. The topological polar surface area (TPSA) is 93.8 Å². The van der Waals surface area contributed by atoms with Gasteiger partial charge in [-0.3, -0.25) is 4.79 Å². The minimum Gasteiger partial charge on any atom is -0.360 e. The van der Waals surface area contributed by atoms with Crippen LogP contribution in [0.2, 0.25) is 0 Å². The molecule has 2 bridgehead atoms. The highest BCUT2D eigenvalue weighted by Crippen LogP contribution is 2.66. The van der Waals surface area contributed by atoms with Gasteiger partial charge in [0, 0.05) is 17.4 Å². The Morgan fingerprint density at radius 3 is 2.92 bits per heavy atom. The Morgan fingerprint density at radius 2 is 2.20 bits per heavy atom. The van der Waals surface area contributed by atoms with E-state index in [2.05, 4.69) is 41.4 Å². The molecule has 7 nitrogen and oxygen atoms in total. The van der Waals surface area contributed by atoms with Crippen LogP contribution in [0.1, 0.15) is 56.7 Å². The summed E-state index contributed by atoms with van der Waals surface area (Å²) in [5.41, 5.74) is 2.31. The number of carbonyl (C=O) groups is 1. The van der Waals surface area contributed by atoms with Crippen molar-refractivity contribution < 1.29 is 9.32 Å². The van der Waals surface area contributed by atoms with E-state index in [1.165, 1.54) is 11.8 Å². The summed E-state index contributed by atoms with van der Waals surface area (Å²) in [5, 5.41) is 15.7. The van der Waals surface area contributed by atoms with Gasteiger partial charge in [-0.2, -0.15) is 5.10 Å². The molecule has 2 aliphatic carbocycles. The van der Waals surface area contributed by atoms with Gasteiger partial charge in [-0.05, 0) is 25.2 Å². The molecule has 0 saturated heterocycles. The summed E-state index contributed by atoms with van der Waals surface area (Å²) in [6, 6.07) is 1.68. The molecule has 1 fully saturated rings. The second kappa shape index (κ2) is 5.52. The molecule has 2 heterocycles. The molecular weight excluding hydrogens is 338 g/mol. The second-order valence-electron chi connectivity index (χ2n) is 7.63. The molecule has 2 aromatic rings. The van der Waals surface area contributed by atoms with E-state index in [1.807, 2.05) is 0 Å². The van der Waals surface area contributed by atoms with Crippen LogP contribution in [0.5, 0.6) is 0 Å². The van der Waals surface area contributed by atoms with Crippen LogP contribution in [-0.4, -0.2) is 32.0 Å². The minimum atomic E-state index is -0.171. The number of amides is 1. The second-order valence-corrected chi connectivity index (χ2v) is 8.58. The third-order valence-electron chi connectivity index (χ3n) is 6.00. The van der Waals surface area contributed by atoms with Gasteiger partial charge < -0.3 is 9.84 Å². The van der Waals surface area contributed by atoms with Crippen LogP contribution in [0.3, 0.4) is 0 Å². The van der Waals surface area contributed by atoms with Crippen LogP contribution in [0.4, 0.5) is 5.82 Å². The molecule has 2 aliphatic rings. The van der Waals surface area contributed by atoms with Gasteiger partial charge in [-0.1, -0.05) is 37.7 Å². The first-order chi connectivity index (χ1) is 11.8. The molecule has 0 spiro atoms. The van der Waals surface area contributed by atoms with Crippen molar-refractivity contribution in [3.63, 3.8) is 0 Å². The molecule has 1 saturated carbocycles. The van der Waals surface area contributed by atoms with E-state index in [0.29, 0.717) is 22.7 Å². The Balaban J connectivity index is 1.46. The van der Waals surface area contributed by atoms with Crippen molar-refractivity contribution in [2.45, 2.75) is 57.0 Å². The Kier molecular flexibility index (Phi) is 3.64. The van der Waals surface area contributed by atoms with Crippen LogP contribution in [0.25, 0.3) is 0 Å². The fraction of sp³-hybridized carbons (Fsp3) is 0.588. The molecule has 1 N–H and O–H groups in total. The van der Waals surface area contributed by atoms with Crippen molar-refractivity contribution in [1.29, 1.82) is 0 Å². The first kappa shape index (κ1) is 16.5. The fourth-order valence-corrected chi connectivity index (χ4v) is 4.74. The lowest BCUT2D eigenvalue weighted by atomic mass is 9.70. The smallest absolute Gasteiger partial charge is 0.236 e. The van der Waals surface area contributed by atoms with E-state index in [1.54, 1.807) is 13.0 Å². The molecule has 0 aliphatic heterocycles. The number of fused-ring (bicyclic) bond motifs is 5. The third-order valence-corrected chi connectivity index (χ3v) is 6.84. The fourth-order valence-electron chi connectivity index (χ4n) is 4.16. The van der Waals surface area contributed by atoms with Gasteiger partial charge in [-0.15, -0.1) is 5.10 Å². The van der Waals surface area contributed by atoms with E-state index < -0.39 is 0 Å². The van der Waals surface area contributed by atoms with E-state index in [4.69, 9.17) is 9.51 Å². The summed E-state index contributed by atoms with van der Waals surface area (Å²) in [7, 11) is 0. The molecule has 0 aromatic carbocycles. The molecule has 1 amide bonds. The zero-order chi connectivity index (χ0) is 17.8. The van der Waals surface area contributed by atoms with Crippen LogP contribution in [0, 0.1) is 12.3 Å². The number of aromatic nitrogens is 4. The maximum atomic E-state index is 12.0. The van der Waals surface area contributed by atoms with Gasteiger partial charge in [0.25, 0.3) is 0 Å². The number of hydrogen-bond acceptors (Lipinski definition) is 7. The number of hydrogen-bond donors (Lipinski definition) is 1.